The first-order chi connectivity index (χ1) is 10.1. The van der Waals surface area contributed by atoms with E-state index in [0.717, 1.165) is 12.1 Å². The molecule has 0 heterocycles. The smallest absolute Gasteiger partial charge is 0.275 e. The largest absolute Gasteiger partial charge is 0.505 e. The summed E-state index contributed by atoms with van der Waals surface area (Å²) in [5, 5.41) is 27.8. The maximum absolute atomic E-state index is 12.6. The minimum atomic E-state index is -0.979. The van der Waals surface area contributed by atoms with Gasteiger partial charge in [-0.05, 0) is 31.5 Å². The SMILES string of the molecule is Cc1cc(O)c(F)cc1N.Cc1cc(O)c(F)cc1[N+](=O)[O-]. The van der Waals surface area contributed by atoms with E-state index in [4.69, 9.17) is 15.9 Å². The van der Waals surface area contributed by atoms with E-state index in [2.05, 4.69) is 0 Å². The Morgan fingerprint density at radius 3 is 1.91 bits per heavy atom. The zero-order chi connectivity index (χ0) is 17.0. The number of halogens is 2. The Kier molecular flexibility index (Phi) is 5.23. The van der Waals surface area contributed by atoms with Crippen molar-refractivity contribution in [3.63, 3.8) is 0 Å². The molecule has 0 amide bonds. The van der Waals surface area contributed by atoms with E-state index in [1.165, 1.54) is 13.0 Å². The van der Waals surface area contributed by atoms with Crippen molar-refractivity contribution >= 4 is 11.4 Å². The fraction of sp³-hybridized carbons (Fsp3) is 0.143. The molecule has 0 atom stereocenters. The summed E-state index contributed by atoms with van der Waals surface area (Å²) in [5.41, 5.74) is 6.28. The van der Waals surface area contributed by atoms with Gasteiger partial charge in [-0.1, -0.05) is 0 Å². The van der Waals surface area contributed by atoms with Crippen LogP contribution < -0.4 is 5.73 Å². The Hall–Kier alpha value is -2.90. The lowest BCUT2D eigenvalue weighted by Crippen LogP contribution is -1.92. The maximum Gasteiger partial charge on any atom is 0.275 e. The van der Waals surface area contributed by atoms with Crippen molar-refractivity contribution in [1.29, 1.82) is 0 Å². The van der Waals surface area contributed by atoms with Crippen LogP contribution in [0.4, 0.5) is 20.2 Å². The van der Waals surface area contributed by atoms with Crippen molar-refractivity contribution < 1.29 is 23.9 Å². The summed E-state index contributed by atoms with van der Waals surface area (Å²) in [6.45, 7) is 3.13. The molecule has 0 saturated heterocycles. The van der Waals surface area contributed by atoms with Crippen molar-refractivity contribution in [3.8, 4) is 11.5 Å². The Labute approximate surface area is 124 Å². The van der Waals surface area contributed by atoms with E-state index in [0.29, 0.717) is 17.3 Å². The van der Waals surface area contributed by atoms with Gasteiger partial charge in [-0.2, -0.15) is 0 Å². The Bertz CT molecular complexity index is 670. The zero-order valence-corrected chi connectivity index (χ0v) is 11.8. The molecule has 22 heavy (non-hydrogen) atoms. The van der Waals surface area contributed by atoms with E-state index in [1.807, 2.05) is 0 Å². The number of hydrogen-bond donors (Lipinski definition) is 3. The van der Waals surface area contributed by atoms with E-state index in [1.54, 1.807) is 6.92 Å². The fourth-order valence-electron chi connectivity index (χ4n) is 1.53. The Balaban J connectivity index is 0.000000224. The standard InChI is InChI=1S/C7H6FNO3.C7H8FNO/c1-4-2-7(10)5(8)3-6(4)9(11)12;1-4-2-7(10)5(8)3-6(4)9/h2-3,10H,1H3;2-3,10H,9H2,1H3. The lowest BCUT2D eigenvalue weighted by molar-refractivity contribution is -0.385. The van der Waals surface area contributed by atoms with Gasteiger partial charge in [-0.15, -0.1) is 0 Å². The second-order valence-corrected chi connectivity index (χ2v) is 4.51. The number of anilines is 1. The molecule has 0 aliphatic heterocycles. The van der Waals surface area contributed by atoms with Crippen LogP contribution in [-0.2, 0) is 0 Å². The summed E-state index contributed by atoms with van der Waals surface area (Å²) in [5.74, 6) is -2.58. The second kappa shape index (κ2) is 6.70. The maximum atomic E-state index is 12.6. The minimum Gasteiger partial charge on any atom is -0.505 e. The molecule has 0 unspecified atom stereocenters. The predicted molar refractivity (Wildman–Crippen MR) is 76.7 cm³/mol. The van der Waals surface area contributed by atoms with E-state index in [-0.39, 0.29) is 17.0 Å². The molecule has 6 nitrogen and oxygen atoms in total. The molecule has 2 aromatic rings. The number of hydrogen-bond acceptors (Lipinski definition) is 5. The molecule has 0 aliphatic rings. The Morgan fingerprint density at radius 1 is 1.00 bits per heavy atom. The summed E-state index contributed by atoms with van der Waals surface area (Å²) in [6, 6.07) is 4.12. The van der Waals surface area contributed by atoms with Crippen molar-refractivity contribution in [2.45, 2.75) is 13.8 Å². The van der Waals surface area contributed by atoms with Gasteiger partial charge in [-0.25, -0.2) is 8.78 Å². The highest BCUT2D eigenvalue weighted by Crippen LogP contribution is 2.25. The molecule has 0 fully saturated rings. The number of rotatable bonds is 1. The highest BCUT2D eigenvalue weighted by Gasteiger charge is 2.14. The van der Waals surface area contributed by atoms with Crippen molar-refractivity contribution in [3.05, 3.63) is 57.1 Å². The molecule has 0 saturated carbocycles. The van der Waals surface area contributed by atoms with Crippen LogP contribution in [0.1, 0.15) is 11.1 Å². The molecule has 118 valence electrons. The topological polar surface area (TPSA) is 110 Å². The summed E-state index contributed by atoms with van der Waals surface area (Å²) in [7, 11) is 0. The first kappa shape index (κ1) is 17.2. The molecular formula is C14H14F2N2O4. The van der Waals surface area contributed by atoms with E-state index >= 15 is 0 Å². The third-order valence-electron chi connectivity index (χ3n) is 2.80. The van der Waals surface area contributed by atoms with Crippen molar-refractivity contribution in [1.82, 2.24) is 0 Å². The van der Waals surface area contributed by atoms with Crippen LogP contribution in [0, 0.1) is 35.6 Å². The minimum absolute atomic E-state index is 0.235. The number of aromatic hydroxyl groups is 2. The first-order valence-corrected chi connectivity index (χ1v) is 6.01. The fourth-order valence-corrected chi connectivity index (χ4v) is 1.53. The van der Waals surface area contributed by atoms with Gasteiger partial charge in [0.05, 0.1) is 11.0 Å². The molecule has 0 bridgehead atoms. The van der Waals surface area contributed by atoms with Gasteiger partial charge in [0.25, 0.3) is 5.69 Å². The number of phenols is 2. The van der Waals surface area contributed by atoms with Crippen LogP contribution >= 0.6 is 0 Å². The number of nitrogen functional groups attached to an aromatic ring is 1. The number of aryl methyl sites for hydroxylation is 2. The number of nitrogens with zero attached hydrogens (tertiary/aromatic N) is 1. The number of nitro benzene ring substituents is 1. The van der Waals surface area contributed by atoms with Gasteiger partial charge < -0.3 is 15.9 Å². The van der Waals surface area contributed by atoms with Crippen LogP contribution in [0.3, 0.4) is 0 Å². The van der Waals surface area contributed by atoms with Gasteiger partial charge in [-0.3, -0.25) is 10.1 Å². The average molecular weight is 312 g/mol. The van der Waals surface area contributed by atoms with Gasteiger partial charge in [0.15, 0.2) is 23.1 Å². The molecular weight excluding hydrogens is 298 g/mol. The van der Waals surface area contributed by atoms with Crippen LogP contribution in [0.15, 0.2) is 24.3 Å². The monoisotopic (exact) mass is 312 g/mol. The van der Waals surface area contributed by atoms with Crippen LogP contribution in [0.5, 0.6) is 11.5 Å². The van der Waals surface area contributed by atoms with Gasteiger partial charge in [0, 0.05) is 17.3 Å². The summed E-state index contributed by atoms with van der Waals surface area (Å²) in [4.78, 5) is 9.55. The van der Waals surface area contributed by atoms with Crippen molar-refractivity contribution in [2.24, 2.45) is 0 Å². The zero-order valence-electron chi connectivity index (χ0n) is 11.8. The Morgan fingerprint density at radius 2 is 1.45 bits per heavy atom. The highest BCUT2D eigenvalue weighted by molar-refractivity contribution is 5.50. The van der Waals surface area contributed by atoms with E-state index in [9.17, 15) is 18.9 Å². The second-order valence-electron chi connectivity index (χ2n) is 4.51. The quantitative estimate of drug-likeness (QED) is 0.324. The molecule has 4 N–H and O–H groups in total. The predicted octanol–water partition coefficient (Wildman–Crippen LogP) is 3.17. The number of nitro groups is 1. The molecule has 0 radical (unpaired) electrons. The van der Waals surface area contributed by atoms with E-state index < -0.39 is 22.3 Å². The van der Waals surface area contributed by atoms with Crippen LogP contribution in [0.2, 0.25) is 0 Å². The first-order valence-electron chi connectivity index (χ1n) is 6.01. The third-order valence-corrected chi connectivity index (χ3v) is 2.80. The lowest BCUT2D eigenvalue weighted by atomic mass is 10.2. The summed E-state index contributed by atoms with van der Waals surface area (Å²) >= 11 is 0. The molecule has 0 aliphatic carbocycles. The number of phenolic OH excluding ortho intramolecular Hbond substituents is 2. The molecule has 8 heteroatoms. The normalized spacial score (nSPS) is 9.82. The van der Waals surface area contributed by atoms with Crippen molar-refractivity contribution in [2.75, 3.05) is 5.73 Å². The highest BCUT2D eigenvalue weighted by atomic mass is 19.1. The third kappa shape index (κ3) is 4.05. The average Bonchev–Trinajstić information content (AvgIpc) is 2.41. The number of nitrogens with two attached hydrogens (primary N) is 1. The summed E-state index contributed by atoms with van der Waals surface area (Å²) < 4.78 is 25.0. The van der Waals surface area contributed by atoms with Gasteiger partial charge in [0.2, 0.25) is 0 Å². The molecule has 2 rings (SSSR count). The van der Waals surface area contributed by atoms with Gasteiger partial charge >= 0.3 is 0 Å². The molecule has 0 aromatic heterocycles. The summed E-state index contributed by atoms with van der Waals surface area (Å²) in [6.07, 6.45) is 0. The van der Waals surface area contributed by atoms with Crippen LogP contribution in [-0.4, -0.2) is 15.1 Å². The van der Waals surface area contributed by atoms with Crippen LogP contribution in [0.25, 0.3) is 0 Å². The molecule has 2 aromatic carbocycles. The van der Waals surface area contributed by atoms with Gasteiger partial charge in [0.1, 0.15) is 0 Å². The molecule has 0 spiro atoms. The lowest BCUT2D eigenvalue weighted by Gasteiger charge is -2.00. The number of benzene rings is 2.